The monoisotopic (exact) mass is 193 g/mol. The molecule has 0 aromatic heterocycles. The van der Waals surface area contributed by atoms with Crippen LogP contribution in [0.3, 0.4) is 0 Å². The van der Waals surface area contributed by atoms with Crippen molar-refractivity contribution in [3.63, 3.8) is 0 Å². The smallest absolute Gasteiger partial charge is 0.151 e. The number of hydrogen-bond donors (Lipinski definition) is 2. The van der Waals surface area contributed by atoms with E-state index in [4.69, 9.17) is 5.11 Å². The molecular formula is C7H15NO3S. The summed E-state index contributed by atoms with van der Waals surface area (Å²) in [5, 5.41) is 11.8. The molecule has 0 radical (unpaired) electrons. The van der Waals surface area contributed by atoms with Crippen molar-refractivity contribution in [1.82, 2.24) is 5.32 Å². The molecule has 1 fully saturated rings. The Morgan fingerprint density at radius 3 is 2.75 bits per heavy atom. The molecular weight excluding hydrogens is 178 g/mol. The highest BCUT2D eigenvalue weighted by atomic mass is 32.2. The normalized spacial score (nSPS) is 30.3. The average Bonchev–Trinajstić information content (AvgIpc) is 2.30. The van der Waals surface area contributed by atoms with E-state index >= 15 is 0 Å². The molecule has 0 spiro atoms. The van der Waals surface area contributed by atoms with Gasteiger partial charge in [0, 0.05) is 12.1 Å². The van der Waals surface area contributed by atoms with Gasteiger partial charge in [0.1, 0.15) is 0 Å². The van der Waals surface area contributed by atoms with Crippen LogP contribution in [0.2, 0.25) is 0 Å². The van der Waals surface area contributed by atoms with E-state index in [1.54, 1.807) is 0 Å². The van der Waals surface area contributed by atoms with E-state index < -0.39 is 9.84 Å². The molecule has 12 heavy (non-hydrogen) atoms. The molecule has 1 saturated heterocycles. The van der Waals surface area contributed by atoms with Gasteiger partial charge in [-0.1, -0.05) is 0 Å². The Labute approximate surface area is 72.9 Å². The van der Waals surface area contributed by atoms with Crippen LogP contribution in [0.4, 0.5) is 0 Å². The van der Waals surface area contributed by atoms with Gasteiger partial charge in [-0.05, 0) is 13.3 Å². The SMILES string of the molecule is C[C@H](CO)NC1CCS(=O)(=O)C1. The second-order valence-electron chi connectivity index (χ2n) is 3.35. The van der Waals surface area contributed by atoms with Crippen molar-refractivity contribution in [3.05, 3.63) is 0 Å². The van der Waals surface area contributed by atoms with Crippen LogP contribution in [0.1, 0.15) is 13.3 Å². The van der Waals surface area contributed by atoms with Gasteiger partial charge in [0.2, 0.25) is 0 Å². The van der Waals surface area contributed by atoms with Gasteiger partial charge in [-0.25, -0.2) is 8.42 Å². The van der Waals surface area contributed by atoms with Crippen LogP contribution in [0, 0.1) is 0 Å². The molecule has 4 nitrogen and oxygen atoms in total. The van der Waals surface area contributed by atoms with Gasteiger partial charge in [0.25, 0.3) is 0 Å². The van der Waals surface area contributed by atoms with E-state index in [9.17, 15) is 8.42 Å². The number of aliphatic hydroxyl groups is 1. The first-order chi connectivity index (χ1) is 5.53. The van der Waals surface area contributed by atoms with Crippen LogP contribution in [-0.4, -0.2) is 43.7 Å². The third-order valence-electron chi connectivity index (χ3n) is 2.03. The lowest BCUT2D eigenvalue weighted by atomic mass is 10.2. The minimum absolute atomic E-state index is 0.0108. The van der Waals surface area contributed by atoms with E-state index in [1.165, 1.54) is 0 Å². The van der Waals surface area contributed by atoms with E-state index in [0.717, 1.165) is 0 Å². The lowest BCUT2D eigenvalue weighted by molar-refractivity contribution is 0.243. The number of hydrogen-bond acceptors (Lipinski definition) is 4. The van der Waals surface area contributed by atoms with Gasteiger partial charge in [-0.3, -0.25) is 0 Å². The Morgan fingerprint density at radius 2 is 2.33 bits per heavy atom. The predicted molar refractivity (Wildman–Crippen MR) is 46.7 cm³/mol. The molecule has 0 amide bonds. The number of rotatable bonds is 3. The summed E-state index contributed by atoms with van der Waals surface area (Å²) >= 11 is 0. The fourth-order valence-corrected chi connectivity index (χ4v) is 3.07. The van der Waals surface area contributed by atoms with Gasteiger partial charge < -0.3 is 10.4 Å². The summed E-state index contributed by atoms with van der Waals surface area (Å²) in [6.07, 6.45) is 0.673. The summed E-state index contributed by atoms with van der Waals surface area (Å²) in [5.41, 5.74) is 0. The van der Waals surface area contributed by atoms with Crippen molar-refractivity contribution in [2.45, 2.75) is 25.4 Å². The van der Waals surface area contributed by atoms with Gasteiger partial charge in [0.05, 0.1) is 18.1 Å². The number of aliphatic hydroxyl groups excluding tert-OH is 1. The predicted octanol–water partition coefficient (Wildman–Crippen LogP) is -0.856. The highest BCUT2D eigenvalue weighted by Crippen LogP contribution is 2.11. The highest BCUT2D eigenvalue weighted by Gasteiger charge is 2.28. The summed E-state index contributed by atoms with van der Waals surface area (Å²) in [7, 11) is -2.79. The van der Waals surface area contributed by atoms with Gasteiger partial charge in [0.15, 0.2) is 9.84 Å². The molecule has 1 rings (SSSR count). The summed E-state index contributed by atoms with van der Waals surface area (Å²) in [5.74, 6) is 0.500. The van der Waals surface area contributed by atoms with Crippen molar-refractivity contribution in [1.29, 1.82) is 0 Å². The van der Waals surface area contributed by atoms with Crippen molar-refractivity contribution in [2.75, 3.05) is 18.1 Å². The van der Waals surface area contributed by atoms with Crippen LogP contribution in [0.25, 0.3) is 0 Å². The van der Waals surface area contributed by atoms with Crippen LogP contribution in [0.5, 0.6) is 0 Å². The van der Waals surface area contributed by atoms with Crippen LogP contribution >= 0.6 is 0 Å². The number of sulfone groups is 1. The van der Waals surface area contributed by atoms with E-state index in [1.807, 2.05) is 6.92 Å². The zero-order valence-corrected chi connectivity index (χ0v) is 7.97. The van der Waals surface area contributed by atoms with E-state index in [2.05, 4.69) is 5.32 Å². The average molecular weight is 193 g/mol. The largest absolute Gasteiger partial charge is 0.395 e. The fraction of sp³-hybridized carbons (Fsp3) is 1.00. The Bertz CT molecular complexity index is 237. The zero-order valence-electron chi connectivity index (χ0n) is 7.16. The van der Waals surface area contributed by atoms with Crippen molar-refractivity contribution >= 4 is 9.84 Å². The summed E-state index contributed by atoms with van der Waals surface area (Å²) in [6.45, 7) is 1.89. The third-order valence-corrected chi connectivity index (χ3v) is 3.79. The molecule has 0 saturated carbocycles. The van der Waals surface area contributed by atoms with Gasteiger partial charge >= 0.3 is 0 Å². The second-order valence-corrected chi connectivity index (χ2v) is 5.58. The first kappa shape index (κ1) is 9.95. The van der Waals surface area contributed by atoms with Crippen LogP contribution < -0.4 is 5.32 Å². The Hall–Kier alpha value is -0.130. The lowest BCUT2D eigenvalue weighted by Crippen LogP contribution is -2.39. The Balaban J connectivity index is 2.38. The van der Waals surface area contributed by atoms with E-state index in [0.29, 0.717) is 6.42 Å². The molecule has 5 heteroatoms. The first-order valence-electron chi connectivity index (χ1n) is 4.11. The molecule has 1 aliphatic heterocycles. The molecule has 0 aromatic rings. The maximum absolute atomic E-state index is 11.0. The maximum atomic E-state index is 11.0. The van der Waals surface area contributed by atoms with Crippen molar-refractivity contribution in [2.24, 2.45) is 0 Å². The molecule has 0 aromatic carbocycles. The minimum Gasteiger partial charge on any atom is -0.395 e. The molecule has 1 heterocycles. The molecule has 1 unspecified atom stereocenters. The van der Waals surface area contributed by atoms with Gasteiger partial charge in [-0.15, -0.1) is 0 Å². The standard InChI is InChI=1S/C7H15NO3S/c1-6(4-9)8-7-2-3-12(10,11)5-7/h6-9H,2-5H2,1H3/t6-,7?/m1/s1. The topological polar surface area (TPSA) is 66.4 Å². The molecule has 1 aliphatic rings. The van der Waals surface area contributed by atoms with Gasteiger partial charge in [-0.2, -0.15) is 0 Å². The first-order valence-corrected chi connectivity index (χ1v) is 5.93. The zero-order chi connectivity index (χ0) is 9.19. The molecule has 0 bridgehead atoms. The van der Waals surface area contributed by atoms with Crippen molar-refractivity contribution in [3.8, 4) is 0 Å². The number of nitrogens with one attached hydrogen (secondary N) is 1. The molecule has 2 atom stereocenters. The molecule has 72 valence electrons. The van der Waals surface area contributed by atoms with Crippen LogP contribution in [-0.2, 0) is 9.84 Å². The summed E-state index contributed by atoms with van der Waals surface area (Å²) in [6, 6.07) is 0.0282. The minimum atomic E-state index is -2.79. The Kier molecular flexibility index (Phi) is 3.09. The van der Waals surface area contributed by atoms with E-state index in [-0.39, 0.29) is 30.2 Å². The molecule has 2 N–H and O–H groups in total. The van der Waals surface area contributed by atoms with Crippen LogP contribution in [0.15, 0.2) is 0 Å². The second kappa shape index (κ2) is 3.72. The summed E-state index contributed by atoms with van der Waals surface area (Å²) in [4.78, 5) is 0. The maximum Gasteiger partial charge on any atom is 0.151 e. The molecule has 0 aliphatic carbocycles. The fourth-order valence-electron chi connectivity index (χ4n) is 1.38. The van der Waals surface area contributed by atoms with Crippen molar-refractivity contribution < 1.29 is 13.5 Å². The highest BCUT2D eigenvalue weighted by molar-refractivity contribution is 7.91. The lowest BCUT2D eigenvalue weighted by Gasteiger charge is -2.15. The Morgan fingerprint density at radius 1 is 1.67 bits per heavy atom. The third kappa shape index (κ3) is 2.73. The summed E-state index contributed by atoms with van der Waals surface area (Å²) < 4.78 is 22.0. The quantitative estimate of drug-likeness (QED) is 0.612.